The molecular formula is C9H15N. The summed E-state index contributed by atoms with van der Waals surface area (Å²) < 4.78 is 0. The largest absolute Gasteiger partial charge is 0.198 e. The first-order valence-electron chi connectivity index (χ1n) is 4.12. The average molecular weight is 137 g/mol. The Labute approximate surface area is 63.0 Å². The van der Waals surface area contributed by atoms with E-state index in [1.165, 1.54) is 6.42 Å². The van der Waals surface area contributed by atoms with Gasteiger partial charge >= 0.3 is 0 Å². The van der Waals surface area contributed by atoms with Crippen LogP contribution in [0.5, 0.6) is 0 Å². The minimum atomic E-state index is 0.346. The standard InChI is InChI=1S/C9H15N/c1-7-3-8(2)5-9(4-7)6-10/h7-9H,3-5H2,1-2H3/t7-,8+,9?. The Morgan fingerprint density at radius 2 is 1.60 bits per heavy atom. The Morgan fingerprint density at radius 3 is 2.00 bits per heavy atom. The lowest BCUT2D eigenvalue weighted by atomic mass is 9.77. The van der Waals surface area contributed by atoms with Crippen molar-refractivity contribution in [1.82, 2.24) is 0 Å². The van der Waals surface area contributed by atoms with Gasteiger partial charge < -0.3 is 0 Å². The normalized spacial score (nSPS) is 40.7. The summed E-state index contributed by atoms with van der Waals surface area (Å²) in [4.78, 5) is 0. The highest BCUT2D eigenvalue weighted by molar-refractivity contribution is 4.88. The van der Waals surface area contributed by atoms with Crippen molar-refractivity contribution in [2.45, 2.75) is 33.1 Å². The van der Waals surface area contributed by atoms with E-state index in [-0.39, 0.29) is 0 Å². The third kappa shape index (κ3) is 1.73. The maximum atomic E-state index is 8.68. The summed E-state index contributed by atoms with van der Waals surface area (Å²) in [7, 11) is 0. The molecule has 0 aromatic carbocycles. The Kier molecular flexibility index (Phi) is 2.32. The molecule has 1 fully saturated rings. The minimum Gasteiger partial charge on any atom is -0.198 e. The molecule has 1 heteroatoms. The lowest BCUT2D eigenvalue weighted by Crippen LogP contribution is -2.17. The number of rotatable bonds is 0. The fourth-order valence-corrected chi connectivity index (χ4v) is 2.05. The highest BCUT2D eigenvalue weighted by atomic mass is 14.3. The molecule has 1 nitrogen and oxygen atoms in total. The average Bonchev–Trinajstić information content (AvgIpc) is 1.85. The number of hydrogen-bond donors (Lipinski definition) is 0. The first-order valence-corrected chi connectivity index (χ1v) is 4.12. The van der Waals surface area contributed by atoms with E-state index in [4.69, 9.17) is 5.26 Å². The molecule has 0 N–H and O–H groups in total. The maximum Gasteiger partial charge on any atom is 0.0655 e. The first kappa shape index (κ1) is 7.60. The zero-order chi connectivity index (χ0) is 7.56. The molecule has 1 unspecified atom stereocenters. The summed E-state index contributed by atoms with van der Waals surface area (Å²) in [6.07, 6.45) is 3.57. The summed E-state index contributed by atoms with van der Waals surface area (Å²) >= 11 is 0. The van der Waals surface area contributed by atoms with Crippen molar-refractivity contribution in [2.75, 3.05) is 0 Å². The van der Waals surface area contributed by atoms with Gasteiger partial charge in [-0.1, -0.05) is 13.8 Å². The van der Waals surface area contributed by atoms with Gasteiger partial charge in [0, 0.05) is 5.92 Å². The first-order chi connectivity index (χ1) is 4.72. The molecule has 0 amide bonds. The van der Waals surface area contributed by atoms with Crippen LogP contribution in [-0.2, 0) is 0 Å². The predicted molar refractivity (Wildman–Crippen MR) is 41.3 cm³/mol. The summed E-state index contributed by atoms with van der Waals surface area (Å²) in [5.74, 6) is 1.89. The second-order valence-electron chi connectivity index (χ2n) is 3.74. The van der Waals surface area contributed by atoms with E-state index in [9.17, 15) is 0 Å². The molecular weight excluding hydrogens is 122 g/mol. The van der Waals surface area contributed by atoms with Gasteiger partial charge in [0.05, 0.1) is 6.07 Å². The molecule has 0 saturated heterocycles. The second kappa shape index (κ2) is 3.05. The van der Waals surface area contributed by atoms with Crippen LogP contribution >= 0.6 is 0 Å². The van der Waals surface area contributed by atoms with Gasteiger partial charge in [0.15, 0.2) is 0 Å². The summed E-state index contributed by atoms with van der Waals surface area (Å²) in [6, 6.07) is 2.36. The van der Waals surface area contributed by atoms with E-state index >= 15 is 0 Å². The van der Waals surface area contributed by atoms with E-state index < -0.39 is 0 Å². The van der Waals surface area contributed by atoms with Gasteiger partial charge in [0.25, 0.3) is 0 Å². The van der Waals surface area contributed by atoms with Crippen LogP contribution in [0.3, 0.4) is 0 Å². The van der Waals surface area contributed by atoms with Crippen molar-refractivity contribution in [3.05, 3.63) is 0 Å². The SMILES string of the molecule is C[C@@H]1CC(C#N)C[C@H](C)C1. The van der Waals surface area contributed by atoms with Crippen LogP contribution in [-0.4, -0.2) is 0 Å². The fourth-order valence-electron chi connectivity index (χ4n) is 2.05. The van der Waals surface area contributed by atoms with Crippen molar-refractivity contribution >= 4 is 0 Å². The number of nitriles is 1. The van der Waals surface area contributed by atoms with Crippen LogP contribution in [0.4, 0.5) is 0 Å². The van der Waals surface area contributed by atoms with Gasteiger partial charge in [-0.2, -0.15) is 5.26 Å². The molecule has 0 aromatic rings. The van der Waals surface area contributed by atoms with E-state index in [0.717, 1.165) is 24.7 Å². The molecule has 0 spiro atoms. The van der Waals surface area contributed by atoms with Crippen molar-refractivity contribution in [3.63, 3.8) is 0 Å². The van der Waals surface area contributed by atoms with Crippen LogP contribution in [0.1, 0.15) is 33.1 Å². The molecule has 56 valence electrons. The van der Waals surface area contributed by atoms with Gasteiger partial charge in [0.1, 0.15) is 0 Å². The number of hydrogen-bond acceptors (Lipinski definition) is 1. The topological polar surface area (TPSA) is 23.8 Å². The molecule has 1 aliphatic rings. The lowest BCUT2D eigenvalue weighted by Gasteiger charge is -2.26. The van der Waals surface area contributed by atoms with Crippen LogP contribution in [0.15, 0.2) is 0 Å². The summed E-state index contributed by atoms with van der Waals surface area (Å²) in [5.41, 5.74) is 0. The Balaban J connectivity index is 2.44. The van der Waals surface area contributed by atoms with E-state index in [2.05, 4.69) is 19.9 Å². The van der Waals surface area contributed by atoms with Crippen molar-refractivity contribution < 1.29 is 0 Å². The minimum absolute atomic E-state index is 0.346. The summed E-state index contributed by atoms with van der Waals surface area (Å²) in [5, 5.41) is 8.68. The van der Waals surface area contributed by atoms with Gasteiger partial charge in [-0.15, -0.1) is 0 Å². The zero-order valence-corrected chi connectivity index (χ0v) is 6.80. The molecule has 1 aliphatic carbocycles. The van der Waals surface area contributed by atoms with Crippen molar-refractivity contribution in [3.8, 4) is 6.07 Å². The Morgan fingerprint density at radius 1 is 1.10 bits per heavy atom. The molecule has 0 aromatic heterocycles. The molecule has 0 bridgehead atoms. The monoisotopic (exact) mass is 137 g/mol. The second-order valence-corrected chi connectivity index (χ2v) is 3.74. The Bertz CT molecular complexity index is 135. The quantitative estimate of drug-likeness (QED) is 0.503. The smallest absolute Gasteiger partial charge is 0.0655 e. The van der Waals surface area contributed by atoms with Crippen LogP contribution in [0, 0.1) is 29.1 Å². The van der Waals surface area contributed by atoms with Crippen LogP contribution in [0.2, 0.25) is 0 Å². The third-order valence-electron chi connectivity index (χ3n) is 2.36. The molecule has 0 radical (unpaired) electrons. The fraction of sp³-hybridized carbons (Fsp3) is 0.889. The van der Waals surface area contributed by atoms with Gasteiger partial charge in [0.2, 0.25) is 0 Å². The molecule has 0 aliphatic heterocycles. The Hall–Kier alpha value is -0.510. The van der Waals surface area contributed by atoms with Gasteiger partial charge in [-0.25, -0.2) is 0 Å². The van der Waals surface area contributed by atoms with Crippen LogP contribution < -0.4 is 0 Å². The maximum absolute atomic E-state index is 8.68. The van der Waals surface area contributed by atoms with Gasteiger partial charge in [-0.3, -0.25) is 0 Å². The van der Waals surface area contributed by atoms with E-state index in [0.29, 0.717) is 5.92 Å². The summed E-state index contributed by atoms with van der Waals surface area (Å²) in [6.45, 7) is 4.50. The number of nitrogens with zero attached hydrogens (tertiary/aromatic N) is 1. The van der Waals surface area contributed by atoms with E-state index in [1.807, 2.05) is 0 Å². The third-order valence-corrected chi connectivity index (χ3v) is 2.36. The lowest BCUT2D eigenvalue weighted by molar-refractivity contribution is 0.257. The molecule has 0 heterocycles. The highest BCUT2D eigenvalue weighted by Gasteiger charge is 2.22. The molecule has 1 saturated carbocycles. The van der Waals surface area contributed by atoms with E-state index in [1.54, 1.807) is 0 Å². The predicted octanol–water partition coefficient (Wildman–Crippen LogP) is 2.58. The zero-order valence-electron chi connectivity index (χ0n) is 6.80. The van der Waals surface area contributed by atoms with Crippen molar-refractivity contribution in [1.29, 1.82) is 5.26 Å². The molecule has 10 heavy (non-hydrogen) atoms. The van der Waals surface area contributed by atoms with Crippen molar-refractivity contribution in [2.24, 2.45) is 17.8 Å². The molecule has 1 rings (SSSR count). The van der Waals surface area contributed by atoms with Gasteiger partial charge in [-0.05, 0) is 31.1 Å². The van der Waals surface area contributed by atoms with Crippen LogP contribution in [0.25, 0.3) is 0 Å². The highest BCUT2D eigenvalue weighted by Crippen LogP contribution is 2.31. The molecule has 3 atom stereocenters.